The highest BCUT2D eigenvalue weighted by molar-refractivity contribution is 5.91. The molecule has 6 atom stereocenters. The number of hydrogen-bond acceptors (Lipinski definition) is 3. The Morgan fingerprint density at radius 2 is 2.08 bits per heavy atom. The lowest BCUT2D eigenvalue weighted by Crippen LogP contribution is -2.53. The maximum atomic E-state index is 11.8. The summed E-state index contributed by atoms with van der Waals surface area (Å²) >= 11 is 0. The van der Waals surface area contributed by atoms with Gasteiger partial charge < -0.3 is 9.84 Å². The van der Waals surface area contributed by atoms with Crippen LogP contribution in [0, 0.1) is 41.4 Å². The molecule has 4 aliphatic carbocycles. The molecule has 0 spiro atoms. The number of allylic oxidation sites excluding steroid dienone is 1. The third-order valence-corrected chi connectivity index (χ3v) is 8.09. The van der Waals surface area contributed by atoms with Crippen LogP contribution in [0.5, 0.6) is 0 Å². The van der Waals surface area contributed by atoms with Gasteiger partial charge in [-0.2, -0.15) is 0 Å². The minimum Gasteiger partial charge on any atom is -0.394 e. The summed E-state index contributed by atoms with van der Waals surface area (Å²) in [5.41, 5.74) is 0.937. The Morgan fingerprint density at radius 3 is 2.84 bits per heavy atom. The number of hydrogen-bond donors (Lipinski definition) is 1. The van der Waals surface area contributed by atoms with Crippen molar-refractivity contribution in [2.45, 2.75) is 63.9 Å². The van der Waals surface area contributed by atoms with Gasteiger partial charge in [-0.1, -0.05) is 18.4 Å². The van der Waals surface area contributed by atoms with Gasteiger partial charge in [0.25, 0.3) is 0 Å². The van der Waals surface area contributed by atoms with E-state index in [2.05, 4.69) is 12.8 Å². The summed E-state index contributed by atoms with van der Waals surface area (Å²) in [6.07, 6.45) is 16.4. The van der Waals surface area contributed by atoms with Crippen molar-refractivity contribution in [2.24, 2.45) is 29.1 Å². The number of aliphatic hydroxyl groups is 1. The van der Waals surface area contributed by atoms with E-state index in [0.717, 1.165) is 44.4 Å². The molecule has 25 heavy (non-hydrogen) atoms. The number of fused-ring (bicyclic) bond motifs is 5. The summed E-state index contributed by atoms with van der Waals surface area (Å²) in [4.78, 5) is 11.8. The van der Waals surface area contributed by atoms with E-state index >= 15 is 0 Å². The van der Waals surface area contributed by atoms with Crippen LogP contribution >= 0.6 is 0 Å². The molecule has 0 amide bonds. The van der Waals surface area contributed by atoms with Crippen LogP contribution in [0.4, 0.5) is 0 Å². The number of carbonyl (C=O) groups excluding carboxylic acids is 1. The average molecular weight is 342 g/mol. The third kappa shape index (κ3) is 2.45. The van der Waals surface area contributed by atoms with Gasteiger partial charge in [0.2, 0.25) is 0 Å². The Balaban J connectivity index is 1.61. The average Bonchev–Trinajstić information content (AvgIpc) is 2.92. The van der Waals surface area contributed by atoms with Gasteiger partial charge in [0.15, 0.2) is 5.78 Å². The molecule has 0 aromatic heterocycles. The molecule has 0 aliphatic heterocycles. The zero-order valence-electron chi connectivity index (χ0n) is 15.3. The van der Waals surface area contributed by atoms with Crippen LogP contribution in [0.3, 0.4) is 0 Å². The van der Waals surface area contributed by atoms with Crippen LogP contribution in [0.1, 0.15) is 58.3 Å². The summed E-state index contributed by atoms with van der Waals surface area (Å²) in [6, 6.07) is 0. The molecule has 3 fully saturated rings. The molecule has 0 aromatic carbocycles. The molecule has 3 nitrogen and oxygen atoms in total. The highest BCUT2D eigenvalue weighted by atomic mass is 16.5. The Bertz CT molecular complexity index is 630. The number of ketones is 1. The van der Waals surface area contributed by atoms with Crippen LogP contribution in [-0.2, 0) is 9.53 Å². The van der Waals surface area contributed by atoms with Crippen molar-refractivity contribution < 1.29 is 14.6 Å². The Kier molecular flexibility index (Phi) is 4.33. The largest absolute Gasteiger partial charge is 0.394 e. The van der Waals surface area contributed by atoms with Crippen molar-refractivity contribution in [3.63, 3.8) is 0 Å². The van der Waals surface area contributed by atoms with E-state index in [0.29, 0.717) is 30.1 Å². The summed E-state index contributed by atoms with van der Waals surface area (Å²) in [5.74, 6) is 6.02. The minimum atomic E-state index is -0.510. The van der Waals surface area contributed by atoms with Gasteiger partial charge in [-0.3, -0.25) is 4.79 Å². The maximum Gasteiger partial charge on any atom is 0.155 e. The normalized spacial score (nSPS) is 45.8. The molecule has 0 unspecified atom stereocenters. The van der Waals surface area contributed by atoms with Crippen LogP contribution in [-0.4, -0.2) is 29.7 Å². The fraction of sp³-hybridized carbons (Fsp3) is 0.773. The lowest BCUT2D eigenvalue weighted by Gasteiger charge is -2.55. The monoisotopic (exact) mass is 342 g/mol. The summed E-state index contributed by atoms with van der Waals surface area (Å²) in [5, 5.41) is 9.23. The molecule has 0 saturated heterocycles. The quantitative estimate of drug-likeness (QED) is 0.799. The Hall–Kier alpha value is -1.11. The fourth-order valence-corrected chi connectivity index (χ4v) is 6.91. The topological polar surface area (TPSA) is 46.5 Å². The number of ether oxygens (including phenoxy) is 1. The number of carbonyl (C=O) groups is 1. The van der Waals surface area contributed by atoms with Crippen molar-refractivity contribution in [2.75, 3.05) is 13.2 Å². The van der Waals surface area contributed by atoms with Gasteiger partial charge in [-0.05, 0) is 74.7 Å². The van der Waals surface area contributed by atoms with Crippen molar-refractivity contribution in [3.05, 3.63) is 11.6 Å². The van der Waals surface area contributed by atoms with Crippen molar-refractivity contribution in [1.29, 1.82) is 0 Å². The number of rotatable bonds is 3. The van der Waals surface area contributed by atoms with E-state index in [1.165, 1.54) is 18.4 Å². The molecule has 3 heteroatoms. The molecule has 1 N–H and O–H groups in total. The molecular formula is C22H30O3. The predicted octanol–water partition coefficient (Wildman–Crippen LogP) is 3.51. The molecular weight excluding hydrogens is 312 g/mol. The molecule has 0 bridgehead atoms. The zero-order chi connectivity index (χ0) is 17.7. The van der Waals surface area contributed by atoms with Gasteiger partial charge in [0.1, 0.15) is 5.60 Å². The van der Waals surface area contributed by atoms with Crippen molar-refractivity contribution in [1.82, 2.24) is 0 Å². The van der Waals surface area contributed by atoms with E-state index in [-0.39, 0.29) is 12.0 Å². The molecule has 4 rings (SSSR count). The van der Waals surface area contributed by atoms with Gasteiger partial charge in [-0.15, -0.1) is 6.42 Å². The Labute approximate surface area is 151 Å². The second kappa shape index (κ2) is 6.25. The molecule has 136 valence electrons. The molecule has 0 aromatic rings. The highest BCUT2D eigenvalue weighted by Gasteiger charge is 2.63. The van der Waals surface area contributed by atoms with Crippen LogP contribution in [0.25, 0.3) is 0 Å². The zero-order valence-corrected chi connectivity index (χ0v) is 15.3. The predicted molar refractivity (Wildman–Crippen MR) is 96.7 cm³/mol. The third-order valence-electron chi connectivity index (χ3n) is 8.09. The molecule has 3 saturated carbocycles. The first-order chi connectivity index (χ1) is 12.0. The van der Waals surface area contributed by atoms with E-state index in [1.807, 2.05) is 6.08 Å². The van der Waals surface area contributed by atoms with Gasteiger partial charge >= 0.3 is 0 Å². The van der Waals surface area contributed by atoms with Crippen LogP contribution < -0.4 is 0 Å². The van der Waals surface area contributed by atoms with Crippen molar-refractivity contribution >= 4 is 5.78 Å². The summed E-state index contributed by atoms with van der Waals surface area (Å²) < 4.78 is 6.12. The van der Waals surface area contributed by atoms with Crippen LogP contribution in [0.2, 0.25) is 0 Å². The van der Waals surface area contributed by atoms with E-state index < -0.39 is 5.60 Å². The van der Waals surface area contributed by atoms with Crippen LogP contribution in [0.15, 0.2) is 11.6 Å². The second-order valence-electron chi connectivity index (χ2n) is 8.84. The van der Waals surface area contributed by atoms with Gasteiger partial charge in [0, 0.05) is 11.8 Å². The standard InChI is InChI=1S/C22H30O3/c1-3-22(25-13-12-23)11-9-20-19-6-4-15-14-16(24)5-7-17(15)18(19)8-10-21(20,22)2/h1,14,17-20,23H,4-13H2,2H3/t17-,18-,19+,20+,21-,22+/m0/s1. The van der Waals surface area contributed by atoms with E-state index in [4.69, 9.17) is 11.2 Å². The second-order valence-corrected chi connectivity index (χ2v) is 8.84. The maximum absolute atomic E-state index is 11.8. The van der Waals surface area contributed by atoms with Gasteiger partial charge in [-0.25, -0.2) is 0 Å². The number of terminal acetylenes is 1. The number of aliphatic hydroxyl groups excluding tert-OH is 1. The first kappa shape index (κ1) is 17.3. The Morgan fingerprint density at radius 1 is 1.24 bits per heavy atom. The minimum absolute atomic E-state index is 0.0176. The first-order valence-corrected chi connectivity index (χ1v) is 10.0. The first-order valence-electron chi connectivity index (χ1n) is 10.0. The van der Waals surface area contributed by atoms with Gasteiger partial charge in [0.05, 0.1) is 13.2 Å². The van der Waals surface area contributed by atoms with E-state index in [1.54, 1.807) is 0 Å². The fourth-order valence-electron chi connectivity index (χ4n) is 6.91. The lowest BCUT2D eigenvalue weighted by molar-refractivity contribution is -0.127. The SMILES string of the molecule is C#C[C@@]1(OCCO)CC[C@@H]2[C@@H]3CCC4=CC(=O)CC[C@@H]4[C@@H]3CC[C@@]21C. The lowest BCUT2D eigenvalue weighted by atomic mass is 9.50. The smallest absolute Gasteiger partial charge is 0.155 e. The summed E-state index contributed by atoms with van der Waals surface area (Å²) in [7, 11) is 0. The molecule has 0 heterocycles. The highest BCUT2D eigenvalue weighted by Crippen LogP contribution is 2.65. The molecule has 0 radical (unpaired) electrons. The summed E-state index contributed by atoms with van der Waals surface area (Å²) in [6.45, 7) is 2.70. The van der Waals surface area contributed by atoms with Crippen molar-refractivity contribution in [3.8, 4) is 12.3 Å². The molecule has 4 aliphatic rings. The van der Waals surface area contributed by atoms with E-state index in [9.17, 15) is 9.90 Å².